The summed E-state index contributed by atoms with van der Waals surface area (Å²) in [5.74, 6) is 0.724. The minimum absolute atomic E-state index is 0.724. The molecule has 0 atom stereocenters. The first kappa shape index (κ1) is 9.19. The number of hydrogen-bond donors (Lipinski definition) is 0. The molecule has 0 aliphatic heterocycles. The average molecular weight is 239 g/mol. The van der Waals surface area contributed by atoms with E-state index < -0.39 is 0 Å². The molecule has 17 heavy (non-hydrogen) atoms. The molecule has 0 saturated heterocycles. The summed E-state index contributed by atoms with van der Waals surface area (Å²) < 4.78 is 8.14. The van der Waals surface area contributed by atoms with Gasteiger partial charge in [0, 0.05) is 33.2 Å². The minimum atomic E-state index is 0.724. The Bertz CT molecular complexity index is 856. The van der Waals surface area contributed by atoms with Crippen LogP contribution in [0.1, 0.15) is 5.89 Å². The number of aryl methyl sites for hydroxylation is 1. The van der Waals surface area contributed by atoms with Crippen LogP contribution in [0.25, 0.3) is 31.3 Å². The lowest BCUT2D eigenvalue weighted by atomic mass is 10.1. The van der Waals surface area contributed by atoms with Crippen LogP contribution in [0.3, 0.4) is 0 Å². The molecule has 82 valence electrons. The normalized spacial score (nSPS) is 11.8. The summed E-state index contributed by atoms with van der Waals surface area (Å²) in [6.07, 6.45) is 0. The van der Waals surface area contributed by atoms with Crippen molar-refractivity contribution in [3.63, 3.8) is 0 Å². The van der Waals surface area contributed by atoms with E-state index in [1.165, 1.54) is 20.2 Å². The van der Waals surface area contributed by atoms with Gasteiger partial charge in [0.25, 0.3) is 0 Å². The van der Waals surface area contributed by atoms with Crippen molar-refractivity contribution >= 4 is 42.6 Å². The number of benzene rings is 2. The molecule has 0 bridgehead atoms. The smallest absolute Gasteiger partial charge is 0.192 e. The molecule has 0 aliphatic carbocycles. The van der Waals surface area contributed by atoms with Crippen LogP contribution in [0, 0.1) is 6.92 Å². The third-order valence-corrected chi connectivity index (χ3v) is 4.13. The molecule has 2 heterocycles. The molecule has 0 radical (unpaired) electrons. The van der Waals surface area contributed by atoms with Gasteiger partial charge in [-0.25, -0.2) is 4.98 Å². The van der Waals surface area contributed by atoms with Gasteiger partial charge in [-0.2, -0.15) is 0 Å². The number of hydrogen-bond acceptors (Lipinski definition) is 3. The van der Waals surface area contributed by atoms with Gasteiger partial charge >= 0.3 is 0 Å². The standard InChI is InChI=1S/C14H9NOS/c1-8-15-11-6-10-9-4-2-3-5-13(9)17-14(10)7-12(11)16-8/h2-7H,1H3. The number of thiophene rings is 1. The SMILES string of the molecule is Cc1nc2cc3c(cc2o1)sc1ccccc13. The number of oxazole rings is 1. The van der Waals surface area contributed by atoms with Crippen molar-refractivity contribution in [2.45, 2.75) is 6.92 Å². The maximum absolute atomic E-state index is 5.57. The molecule has 0 aliphatic rings. The van der Waals surface area contributed by atoms with Crippen LogP contribution >= 0.6 is 11.3 Å². The van der Waals surface area contributed by atoms with Crippen molar-refractivity contribution < 1.29 is 4.42 Å². The van der Waals surface area contributed by atoms with Crippen LogP contribution in [0.5, 0.6) is 0 Å². The van der Waals surface area contributed by atoms with E-state index >= 15 is 0 Å². The third-order valence-electron chi connectivity index (χ3n) is 2.99. The van der Waals surface area contributed by atoms with E-state index in [0.29, 0.717) is 0 Å². The molecule has 4 rings (SSSR count). The van der Waals surface area contributed by atoms with E-state index in [1.807, 2.05) is 6.92 Å². The number of nitrogens with zero attached hydrogens (tertiary/aromatic N) is 1. The number of rotatable bonds is 0. The Labute approximate surface area is 101 Å². The Kier molecular flexibility index (Phi) is 1.66. The second-order valence-corrected chi connectivity index (χ2v) is 5.23. The number of fused-ring (bicyclic) bond motifs is 4. The van der Waals surface area contributed by atoms with Crippen molar-refractivity contribution in [1.29, 1.82) is 0 Å². The lowest BCUT2D eigenvalue weighted by molar-refractivity contribution is 0.561. The fraction of sp³-hybridized carbons (Fsp3) is 0.0714. The Morgan fingerprint density at radius 3 is 2.88 bits per heavy atom. The van der Waals surface area contributed by atoms with E-state index in [0.717, 1.165) is 17.0 Å². The topological polar surface area (TPSA) is 26.0 Å². The molecule has 0 N–H and O–H groups in total. The van der Waals surface area contributed by atoms with Crippen molar-refractivity contribution in [3.05, 3.63) is 42.3 Å². The molecule has 2 nitrogen and oxygen atoms in total. The van der Waals surface area contributed by atoms with Crippen molar-refractivity contribution in [2.24, 2.45) is 0 Å². The van der Waals surface area contributed by atoms with Crippen LogP contribution in [0.4, 0.5) is 0 Å². The maximum atomic E-state index is 5.57. The molecule has 4 aromatic rings. The predicted molar refractivity (Wildman–Crippen MR) is 71.6 cm³/mol. The average Bonchev–Trinajstić information content (AvgIpc) is 2.84. The molecule has 0 fully saturated rings. The second-order valence-electron chi connectivity index (χ2n) is 4.15. The summed E-state index contributed by atoms with van der Waals surface area (Å²) >= 11 is 1.80. The Hall–Kier alpha value is -1.87. The summed E-state index contributed by atoms with van der Waals surface area (Å²) in [7, 11) is 0. The van der Waals surface area contributed by atoms with Crippen LogP contribution in [-0.4, -0.2) is 4.98 Å². The van der Waals surface area contributed by atoms with Crippen LogP contribution in [-0.2, 0) is 0 Å². The summed E-state index contributed by atoms with van der Waals surface area (Å²) in [4.78, 5) is 4.39. The zero-order chi connectivity index (χ0) is 11.4. The molecule has 3 heteroatoms. The van der Waals surface area contributed by atoms with Gasteiger partial charge in [0.05, 0.1) is 0 Å². The highest BCUT2D eigenvalue weighted by Gasteiger charge is 2.09. The third kappa shape index (κ3) is 1.23. The van der Waals surface area contributed by atoms with Gasteiger partial charge < -0.3 is 4.42 Å². The van der Waals surface area contributed by atoms with E-state index in [4.69, 9.17) is 4.42 Å². The molecular weight excluding hydrogens is 230 g/mol. The van der Waals surface area contributed by atoms with Gasteiger partial charge in [0.1, 0.15) is 5.52 Å². The summed E-state index contributed by atoms with van der Waals surface area (Å²) in [5, 5.41) is 2.57. The Balaban J connectivity index is 2.26. The second kappa shape index (κ2) is 3.08. The van der Waals surface area contributed by atoms with Gasteiger partial charge in [-0.05, 0) is 12.1 Å². The van der Waals surface area contributed by atoms with Crippen molar-refractivity contribution in [3.8, 4) is 0 Å². The fourth-order valence-electron chi connectivity index (χ4n) is 2.26. The summed E-state index contributed by atoms with van der Waals surface area (Å²) in [6, 6.07) is 12.7. The van der Waals surface area contributed by atoms with Gasteiger partial charge in [0.2, 0.25) is 0 Å². The first-order valence-corrected chi connectivity index (χ1v) is 6.31. The lowest BCUT2D eigenvalue weighted by Gasteiger charge is -1.90. The lowest BCUT2D eigenvalue weighted by Crippen LogP contribution is -1.69. The maximum Gasteiger partial charge on any atom is 0.192 e. The predicted octanol–water partition coefficient (Wildman–Crippen LogP) is 4.50. The Morgan fingerprint density at radius 2 is 1.94 bits per heavy atom. The zero-order valence-electron chi connectivity index (χ0n) is 9.23. The number of aromatic nitrogens is 1. The minimum Gasteiger partial charge on any atom is -0.441 e. The molecule has 2 aromatic heterocycles. The first-order chi connectivity index (χ1) is 8.31. The van der Waals surface area contributed by atoms with Gasteiger partial charge in [-0.3, -0.25) is 0 Å². The van der Waals surface area contributed by atoms with Crippen molar-refractivity contribution in [2.75, 3.05) is 0 Å². The summed E-state index contributed by atoms with van der Waals surface area (Å²) in [5.41, 5.74) is 1.82. The summed E-state index contributed by atoms with van der Waals surface area (Å²) in [6.45, 7) is 1.88. The molecule has 0 amide bonds. The van der Waals surface area contributed by atoms with Gasteiger partial charge in [-0.15, -0.1) is 11.3 Å². The first-order valence-electron chi connectivity index (χ1n) is 5.50. The van der Waals surface area contributed by atoms with Crippen LogP contribution in [0.15, 0.2) is 40.8 Å². The monoisotopic (exact) mass is 239 g/mol. The zero-order valence-corrected chi connectivity index (χ0v) is 10.0. The highest BCUT2D eigenvalue weighted by molar-refractivity contribution is 7.25. The highest BCUT2D eigenvalue weighted by atomic mass is 32.1. The molecular formula is C14H9NOS. The Morgan fingerprint density at radius 1 is 1.06 bits per heavy atom. The van der Waals surface area contributed by atoms with Crippen molar-refractivity contribution in [1.82, 2.24) is 4.98 Å². The highest BCUT2D eigenvalue weighted by Crippen LogP contribution is 2.36. The van der Waals surface area contributed by atoms with Crippen LogP contribution < -0.4 is 0 Å². The molecule has 0 saturated carbocycles. The molecule has 0 spiro atoms. The molecule has 2 aromatic carbocycles. The largest absolute Gasteiger partial charge is 0.441 e. The van der Waals surface area contributed by atoms with E-state index in [1.54, 1.807) is 11.3 Å². The fourth-order valence-corrected chi connectivity index (χ4v) is 3.38. The quantitative estimate of drug-likeness (QED) is 0.451. The van der Waals surface area contributed by atoms with Gasteiger partial charge in [-0.1, -0.05) is 18.2 Å². The van der Waals surface area contributed by atoms with Gasteiger partial charge in [0.15, 0.2) is 11.5 Å². The van der Waals surface area contributed by atoms with E-state index in [9.17, 15) is 0 Å². The van der Waals surface area contributed by atoms with Crippen LogP contribution in [0.2, 0.25) is 0 Å². The van der Waals surface area contributed by atoms with E-state index in [2.05, 4.69) is 41.4 Å². The van der Waals surface area contributed by atoms with E-state index in [-0.39, 0.29) is 0 Å². The molecule has 0 unspecified atom stereocenters.